The van der Waals surface area contributed by atoms with Crippen LogP contribution in [0, 0.1) is 10.1 Å². The quantitative estimate of drug-likeness (QED) is 0.295. The number of hydrogen-bond acceptors (Lipinski definition) is 7. The van der Waals surface area contributed by atoms with Crippen molar-refractivity contribution in [3.8, 4) is 0 Å². The molecule has 1 aromatic heterocycles. The molecule has 2 rings (SSSR count). The smallest absolute Gasteiger partial charge is 0.326 e. The number of nitro benzene ring substituents is 1. The third-order valence-corrected chi connectivity index (χ3v) is 4.57. The lowest BCUT2D eigenvalue weighted by molar-refractivity contribution is -0.383. The van der Waals surface area contributed by atoms with Crippen LogP contribution in [0.2, 0.25) is 0 Å². The van der Waals surface area contributed by atoms with Crippen molar-refractivity contribution in [2.75, 3.05) is 5.32 Å². The van der Waals surface area contributed by atoms with E-state index >= 15 is 0 Å². The van der Waals surface area contributed by atoms with Gasteiger partial charge in [0.2, 0.25) is 5.52 Å². The fourth-order valence-electron chi connectivity index (χ4n) is 3.04. The van der Waals surface area contributed by atoms with E-state index in [2.05, 4.69) is 27.2 Å². The molecule has 2 N–H and O–H groups in total. The number of carbonyl (C=O) groups is 1. The largest absolute Gasteiger partial charge is 0.480 e. The number of carboxylic acids is 1. The Hall–Kier alpha value is -2.71. The third kappa shape index (κ3) is 5.90. The van der Waals surface area contributed by atoms with Crippen molar-refractivity contribution in [3.05, 3.63) is 22.2 Å². The molecule has 148 valence electrons. The normalized spacial score (nSPS) is 12.2. The van der Waals surface area contributed by atoms with E-state index in [1.807, 2.05) is 0 Å². The second kappa shape index (κ2) is 10.4. The Morgan fingerprint density at radius 3 is 2.41 bits per heavy atom. The van der Waals surface area contributed by atoms with E-state index in [4.69, 9.17) is 0 Å². The Labute approximate surface area is 157 Å². The Bertz CT molecular complexity index is 761. The van der Waals surface area contributed by atoms with Crippen LogP contribution in [0.25, 0.3) is 11.0 Å². The summed E-state index contributed by atoms with van der Waals surface area (Å²) in [5, 5.41) is 30.6. The van der Waals surface area contributed by atoms with Crippen molar-refractivity contribution in [1.82, 2.24) is 10.3 Å². The van der Waals surface area contributed by atoms with Gasteiger partial charge in [-0.1, -0.05) is 58.3 Å². The van der Waals surface area contributed by atoms with E-state index < -0.39 is 16.9 Å². The second-order valence-corrected chi connectivity index (χ2v) is 6.65. The van der Waals surface area contributed by atoms with Crippen LogP contribution in [0.5, 0.6) is 0 Å². The number of aromatic nitrogens is 2. The lowest BCUT2D eigenvalue weighted by Gasteiger charge is -2.15. The van der Waals surface area contributed by atoms with Gasteiger partial charge in [0.25, 0.3) is 0 Å². The van der Waals surface area contributed by atoms with Gasteiger partial charge < -0.3 is 10.4 Å². The number of benzene rings is 1. The van der Waals surface area contributed by atoms with E-state index in [0.717, 1.165) is 19.3 Å². The van der Waals surface area contributed by atoms with Gasteiger partial charge >= 0.3 is 11.7 Å². The number of anilines is 1. The van der Waals surface area contributed by atoms with Crippen LogP contribution in [0.15, 0.2) is 16.8 Å². The predicted molar refractivity (Wildman–Crippen MR) is 101 cm³/mol. The molecule has 1 aromatic carbocycles. The Kier molecular flexibility index (Phi) is 7.97. The molecule has 2 aromatic rings. The molecule has 9 nitrogen and oxygen atoms in total. The predicted octanol–water partition coefficient (Wildman–Crippen LogP) is 4.53. The number of aliphatic carboxylic acids is 1. The minimum Gasteiger partial charge on any atom is -0.480 e. The average Bonchev–Trinajstić information content (AvgIpc) is 3.12. The molecule has 0 fully saturated rings. The molecule has 1 atom stereocenters. The number of rotatable bonds is 13. The summed E-state index contributed by atoms with van der Waals surface area (Å²) >= 11 is 0. The Morgan fingerprint density at radius 1 is 1.15 bits per heavy atom. The van der Waals surface area contributed by atoms with Gasteiger partial charge in [0.1, 0.15) is 6.04 Å². The molecule has 0 saturated heterocycles. The monoisotopic (exact) mass is 378 g/mol. The van der Waals surface area contributed by atoms with Gasteiger partial charge in [-0.25, -0.2) is 9.42 Å². The summed E-state index contributed by atoms with van der Waals surface area (Å²) in [4.78, 5) is 22.0. The molecule has 1 heterocycles. The molecule has 0 bridgehead atoms. The van der Waals surface area contributed by atoms with Gasteiger partial charge in [0.05, 0.1) is 10.6 Å². The van der Waals surface area contributed by atoms with Gasteiger partial charge in [-0.2, -0.15) is 0 Å². The molecular formula is C18H26N4O5. The number of nitro groups is 1. The van der Waals surface area contributed by atoms with Gasteiger partial charge in [0.15, 0.2) is 5.52 Å². The Morgan fingerprint density at radius 2 is 1.78 bits per heavy atom. The first-order valence-electron chi connectivity index (χ1n) is 9.43. The fourth-order valence-corrected chi connectivity index (χ4v) is 3.04. The highest BCUT2D eigenvalue weighted by atomic mass is 16.6. The van der Waals surface area contributed by atoms with E-state index in [9.17, 15) is 20.0 Å². The maximum absolute atomic E-state index is 11.6. The van der Waals surface area contributed by atoms with Crippen molar-refractivity contribution in [2.45, 2.75) is 70.8 Å². The average molecular weight is 378 g/mol. The maximum atomic E-state index is 11.6. The molecule has 0 aliphatic rings. The zero-order valence-electron chi connectivity index (χ0n) is 15.5. The van der Waals surface area contributed by atoms with Crippen molar-refractivity contribution in [1.29, 1.82) is 0 Å². The third-order valence-electron chi connectivity index (χ3n) is 4.57. The minimum absolute atomic E-state index is 0.00113. The lowest BCUT2D eigenvalue weighted by atomic mass is 10.0. The highest BCUT2D eigenvalue weighted by Crippen LogP contribution is 2.29. The van der Waals surface area contributed by atoms with Crippen LogP contribution in [0.1, 0.15) is 64.7 Å². The topological polar surface area (TPSA) is 131 Å². The lowest BCUT2D eigenvalue weighted by Crippen LogP contribution is -2.29. The fraction of sp³-hybridized carbons (Fsp3) is 0.611. The van der Waals surface area contributed by atoms with Gasteiger partial charge in [0, 0.05) is 6.07 Å². The summed E-state index contributed by atoms with van der Waals surface area (Å²) in [6.45, 7) is 2.19. The highest BCUT2D eigenvalue weighted by molar-refractivity contribution is 5.94. The molecular weight excluding hydrogens is 352 g/mol. The number of fused-ring (bicyclic) bond motifs is 1. The maximum Gasteiger partial charge on any atom is 0.326 e. The molecule has 1 unspecified atom stereocenters. The first-order valence-corrected chi connectivity index (χ1v) is 9.43. The summed E-state index contributed by atoms with van der Waals surface area (Å²) in [6, 6.07) is 1.91. The zero-order chi connectivity index (χ0) is 19.6. The van der Waals surface area contributed by atoms with Crippen LogP contribution < -0.4 is 5.32 Å². The van der Waals surface area contributed by atoms with Crippen molar-refractivity contribution in [2.24, 2.45) is 0 Å². The van der Waals surface area contributed by atoms with E-state index in [-0.39, 0.29) is 16.7 Å². The Balaban J connectivity index is 1.90. The zero-order valence-corrected chi connectivity index (χ0v) is 15.5. The van der Waals surface area contributed by atoms with Crippen LogP contribution in [-0.4, -0.2) is 32.4 Å². The van der Waals surface area contributed by atoms with Crippen LogP contribution in [-0.2, 0) is 4.79 Å². The summed E-state index contributed by atoms with van der Waals surface area (Å²) in [5.74, 6) is -0.971. The molecule has 0 aliphatic heterocycles. The number of nitrogens with zero attached hydrogens (tertiary/aromatic N) is 3. The summed E-state index contributed by atoms with van der Waals surface area (Å²) < 4.78 is 4.60. The highest BCUT2D eigenvalue weighted by Gasteiger charge is 2.23. The number of hydrogen-bond donors (Lipinski definition) is 2. The van der Waals surface area contributed by atoms with Crippen molar-refractivity contribution >= 4 is 28.4 Å². The first kappa shape index (κ1) is 20.6. The van der Waals surface area contributed by atoms with Crippen LogP contribution >= 0.6 is 0 Å². The summed E-state index contributed by atoms with van der Waals surface area (Å²) in [7, 11) is 0. The molecule has 9 heteroatoms. The molecule has 0 spiro atoms. The van der Waals surface area contributed by atoms with Crippen molar-refractivity contribution < 1.29 is 19.5 Å². The first-order chi connectivity index (χ1) is 13.0. The van der Waals surface area contributed by atoms with E-state index in [1.54, 1.807) is 0 Å². The van der Waals surface area contributed by atoms with Crippen LogP contribution in [0.3, 0.4) is 0 Å². The number of non-ortho nitro benzene ring substituents is 1. The SMILES string of the molecule is CCCCCCCCCCC(Nc1ccc([N+](=O)[O-])c2nonc12)C(=O)O. The van der Waals surface area contributed by atoms with E-state index in [1.165, 1.54) is 44.2 Å². The second-order valence-electron chi connectivity index (χ2n) is 6.65. The molecule has 0 saturated carbocycles. The summed E-state index contributed by atoms with van der Waals surface area (Å²) in [6.07, 6.45) is 9.52. The summed E-state index contributed by atoms with van der Waals surface area (Å²) in [5.41, 5.74) is 0.295. The standard InChI is InChI=1S/C18H26N4O5/c1-2-3-4-5-6-7-8-9-10-14(18(23)24)19-13-11-12-15(22(25)26)17-16(13)20-27-21-17/h11-12,14,19H,2-10H2,1H3,(H,23,24). The van der Waals surface area contributed by atoms with E-state index in [0.29, 0.717) is 12.1 Å². The molecule has 0 aliphatic carbocycles. The van der Waals surface area contributed by atoms with Gasteiger partial charge in [-0.05, 0) is 22.8 Å². The molecule has 0 radical (unpaired) electrons. The minimum atomic E-state index is -0.971. The van der Waals surface area contributed by atoms with Gasteiger partial charge in [-0.3, -0.25) is 10.1 Å². The van der Waals surface area contributed by atoms with Crippen LogP contribution in [0.4, 0.5) is 11.4 Å². The van der Waals surface area contributed by atoms with Crippen molar-refractivity contribution in [3.63, 3.8) is 0 Å². The molecule has 0 amide bonds. The van der Waals surface area contributed by atoms with Gasteiger partial charge in [-0.15, -0.1) is 0 Å². The number of unbranched alkanes of at least 4 members (excludes halogenated alkanes) is 7. The number of nitrogens with one attached hydrogen (secondary N) is 1. The molecule has 27 heavy (non-hydrogen) atoms. The number of carboxylic acid groups (broad SMARTS) is 1.